The van der Waals surface area contributed by atoms with Gasteiger partial charge in [0.1, 0.15) is 0 Å². The van der Waals surface area contributed by atoms with Gasteiger partial charge in [0.05, 0.1) is 0 Å². The molecule has 0 aliphatic heterocycles. The van der Waals surface area contributed by atoms with Crippen molar-refractivity contribution in [2.45, 2.75) is 66.1 Å². The molecule has 0 aromatic heterocycles. The van der Waals surface area contributed by atoms with Gasteiger partial charge in [-0.25, -0.2) is 0 Å². The molecule has 0 saturated carbocycles. The molecule has 1 heteroatoms. The normalized spacial score (nSPS) is 16.2. The Kier molecular flexibility index (Phi) is 11.9. The third kappa shape index (κ3) is 8.24. The van der Waals surface area contributed by atoms with E-state index in [4.69, 9.17) is 0 Å². The van der Waals surface area contributed by atoms with Crippen LogP contribution in [0.1, 0.15) is 60.8 Å². The maximum Gasteiger partial charge on any atom is 0.00533 e. The third-order valence-corrected chi connectivity index (χ3v) is 5.39. The second-order valence-electron chi connectivity index (χ2n) is 6.84. The van der Waals surface area contributed by atoms with Crippen LogP contribution >= 0.6 is 11.8 Å². The van der Waals surface area contributed by atoms with Crippen molar-refractivity contribution < 1.29 is 0 Å². The molecule has 0 saturated heterocycles. The number of thioether (sulfide) groups is 1. The van der Waals surface area contributed by atoms with Crippen LogP contribution in [0.4, 0.5) is 0 Å². The molecule has 3 atom stereocenters. The highest BCUT2D eigenvalue weighted by Gasteiger charge is 2.26. The monoisotopic (exact) mass is 346 g/mol. The molecule has 0 rings (SSSR count). The topological polar surface area (TPSA) is 0 Å². The van der Waals surface area contributed by atoms with Crippen molar-refractivity contribution in [1.29, 1.82) is 0 Å². The van der Waals surface area contributed by atoms with Gasteiger partial charge in [-0.3, -0.25) is 0 Å². The van der Waals surface area contributed by atoms with Crippen LogP contribution in [0.5, 0.6) is 0 Å². The van der Waals surface area contributed by atoms with Crippen molar-refractivity contribution in [2.75, 3.05) is 0 Å². The molecule has 0 nitrogen and oxygen atoms in total. The van der Waals surface area contributed by atoms with Crippen molar-refractivity contribution in [3.8, 4) is 0 Å². The Morgan fingerprint density at radius 2 is 1.75 bits per heavy atom. The molecular weight excluding hydrogens is 308 g/mol. The van der Waals surface area contributed by atoms with E-state index in [0.717, 1.165) is 18.4 Å². The number of rotatable bonds is 12. The van der Waals surface area contributed by atoms with Crippen molar-refractivity contribution >= 4 is 11.8 Å². The molecule has 24 heavy (non-hydrogen) atoms. The van der Waals surface area contributed by atoms with Crippen LogP contribution in [0.15, 0.2) is 60.1 Å². The van der Waals surface area contributed by atoms with E-state index in [-0.39, 0.29) is 0 Å². The van der Waals surface area contributed by atoms with Gasteiger partial charge in [-0.1, -0.05) is 96.2 Å². The molecule has 0 aromatic rings. The molecule has 0 amide bonds. The van der Waals surface area contributed by atoms with E-state index in [1.54, 1.807) is 0 Å². The zero-order valence-electron chi connectivity index (χ0n) is 16.8. The van der Waals surface area contributed by atoms with Crippen LogP contribution in [-0.4, -0.2) is 5.25 Å². The summed E-state index contributed by atoms with van der Waals surface area (Å²) in [5.41, 5.74) is 2.41. The van der Waals surface area contributed by atoms with Gasteiger partial charge in [0.2, 0.25) is 0 Å². The van der Waals surface area contributed by atoms with Crippen LogP contribution in [0, 0.1) is 17.8 Å². The molecule has 0 bridgehead atoms. The first-order chi connectivity index (χ1) is 11.3. The van der Waals surface area contributed by atoms with Crippen molar-refractivity contribution in [1.82, 2.24) is 0 Å². The van der Waals surface area contributed by atoms with Gasteiger partial charge in [0.25, 0.3) is 0 Å². The summed E-state index contributed by atoms with van der Waals surface area (Å²) in [4.78, 5) is 1.38. The second-order valence-corrected chi connectivity index (χ2v) is 8.67. The lowest BCUT2D eigenvalue weighted by molar-refractivity contribution is 0.416. The summed E-state index contributed by atoms with van der Waals surface area (Å²) in [6.07, 6.45) is 12.3. The van der Waals surface area contributed by atoms with Gasteiger partial charge in [-0.15, -0.1) is 11.8 Å². The summed E-state index contributed by atoms with van der Waals surface area (Å²) in [6.45, 7) is 25.9. The molecule has 0 fully saturated rings. The molecule has 0 aliphatic carbocycles. The van der Waals surface area contributed by atoms with E-state index in [1.165, 1.54) is 16.9 Å². The zero-order chi connectivity index (χ0) is 18.7. The second kappa shape index (κ2) is 12.4. The molecule has 0 aromatic carbocycles. The zero-order valence-corrected chi connectivity index (χ0v) is 17.6. The predicted octanol–water partition coefficient (Wildman–Crippen LogP) is 7.97. The molecule has 0 radical (unpaired) electrons. The Labute approximate surface area is 155 Å². The molecule has 136 valence electrons. The van der Waals surface area contributed by atoms with E-state index >= 15 is 0 Å². The Morgan fingerprint density at radius 3 is 2.21 bits per heavy atom. The fourth-order valence-corrected chi connectivity index (χ4v) is 3.82. The molecule has 0 aliphatic rings. The first-order valence-electron chi connectivity index (χ1n) is 9.28. The van der Waals surface area contributed by atoms with Gasteiger partial charge in [0.15, 0.2) is 0 Å². The van der Waals surface area contributed by atoms with Gasteiger partial charge in [0, 0.05) is 11.2 Å². The minimum atomic E-state index is 0.348. The summed E-state index contributed by atoms with van der Waals surface area (Å²) in [7, 11) is 0. The quantitative estimate of drug-likeness (QED) is 0.255. The van der Waals surface area contributed by atoms with Crippen LogP contribution in [0.3, 0.4) is 0 Å². The molecule has 0 heterocycles. The average molecular weight is 347 g/mol. The maximum absolute atomic E-state index is 4.38. The lowest BCUT2D eigenvalue weighted by Crippen LogP contribution is -2.21. The highest BCUT2D eigenvalue weighted by molar-refractivity contribution is 8.03. The SMILES string of the molecule is C=CC(=C)C(C)C(/C=C\CCC)C(/C=C(/C)SC(C)C)C(=C)CC. The standard InChI is InChI=1S/C23H38S/c1-10-13-14-15-22(21(9)18(6)11-2)23(19(7)12-3)16-20(8)24-17(4)5/h11,14-17,21-23H,2,6-7,10,12-13H2,1,3-5,8-9H3/b15-14-,20-16-. The Morgan fingerprint density at radius 1 is 1.12 bits per heavy atom. The Balaban J connectivity index is 5.74. The van der Waals surface area contributed by atoms with E-state index in [0.29, 0.717) is 23.0 Å². The molecular formula is C23H38S. The van der Waals surface area contributed by atoms with Crippen molar-refractivity contribution in [3.05, 3.63) is 60.1 Å². The number of allylic oxidation sites excluding steroid dienone is 7. The smallest absolute Gasteiger partial charge is 0.00533 e. The minimum Gasteiger partial charge on any atom is -0.128 e. The van der Waals surface area contributed by atoms with Crippen LogP contribution in [0.2, 0.25) is 0 Å². The Hall–Kier alpha value is -0.950. The van der Waals surface area contributed by atoms with Gasteiger partial charge in [-0.2, -0.15) is 0 Å². The molecule has 0 spiro atoms. The van der Waals surface area contributed by atoms with E-state index in [2.05, 4.69) is 79.5 Å². The Bertz CT molecular complexity index is 464. The fraction of sp³-hybridized carbons (Fsp3) is 0.565. The average Bonchev–Trinajstić information content (AvgIpc) is 2.54. The van der Waals surface area contributed by atoms with Gasteiger partial charge in [-0.05, 0) is 36.5 Å². The first kappa shape index (κ1) is 23.1. The molecule has 0 N–H and O–H groups in total. The summed E-state index contributed by atoms with van der Waals surface area (Å²) < 4.78 is 0. The molecule has 3 unspecified atom stereocenters. The van der Waals surface area contributed by atoms with Gasteiger partial charge < -0.3 is 0 Å². The van der Waals surface area contributed by atoms with Crippen LogP contribution < -0.4 is 0 Å². The fourth-order valence-electron chi connectivity index (χ4n) is 2.85. The van der Waals surface area contributed by atoms with E-state index < -0.39 is 0 Å². The first-order valence-corrected chi connectivity index (χ1v) is 10.2. The van der Waals surface area contributed by atoms with Crippen LogP contribution in [0.25, 0.3) is 0 Å². The largest absolute Gasteiger partial charge is 0.128 e. The third-order valence-electron chi connectivity index (χ3n) is 4.41. The predicted molar refractivity (Wildman–Crippen MR) is 115 cm³/mol. The lowest BCUT2D eigenvalue weighted by Gasteiger charge is -2.30. The van der Waals surface area contributed by atoms with Crippen molar-refractivity contribution in [2.24, 2.45) is 17.8 Å². The highest BCUT2D eigenvalue weighted by Crippen LogP contribution is 2.36. The minimum absolute atomic E-state index is 0.348. The summed E-state index contributed by atoms with van der Waals surface area (Å²) in [5.74, 6) is 1.09. The van der Waals surface area contributed by atoms with Gasteiger partial charge >= 0.3 is 0 Å². The van der Waals surface area contributed by atoms with Crippen LogP contribution in [-0.2, 0) is 0 Å². The summed E-state index contributed by atoms with van der Waals surface area (Å²) in [6, 6.07) is 0. The number of unbranched alkanes of at least 4 members (excludes halogenated alkanes) is 1. The lowest BCUT2D eigenvalue weighted by atomic mass is 9.75. The summed E-state index contributed by atoms with van der Waals surface area (Å²) in [5, 5.41) is 0.603. The van der Waals surface area contributed by atoms with E-state index in [9.17, 15) is 0 Å². The van der Waals surface area contributed by atoms with E-state index in [1.807, 2.05) is 17.8 Å². The highest BCUT2D eigenvalue weighted by atomic mass is 32.2. The number of hydrogen-bond acceptors (Lipinski definition) is 1. The summed E-state index contributed by atoms with van der Waals surface area (Å²) >= 11 is 1.94. The maximum atomic E-state index is 4.38. The van der Waals surface area contributed by atoms with Crippen molar-refractivity contribution in [3.63, 3.8) is 0 Å². The number of hydrogen-bond donors (Lipinski definition) is 0.